The predicted octanol–water partition coefficient (Wildman–Crippen LogP) is 2.67. The van der Waals surface area contributed by atoms with Gasteiger partial charge in [-0.2, -0.15) is 0 Å². The summed E-state index contributed by atoms with van der Waals surface area (Å²) in [7, 11) is 0.536. The monoisotopic (exact) mass is 535 g/mol. The summed E-state index contributed by atoms with van der Waals surface area (Å²) in [5, 5.41) is 2.85. The lowest BCUT2D eigenvalue weighted by molar-refractivity contribution is -0.139. The van der Waals surface area contributed by atoms with Gasteiger partial charge in [-0.3, -0.25) is 13.9 Å². The van der Waals surface area contributed by atoms with Gasteiger partial charge in [0.15, 0.2) is 0 Å². The molecule has 0 aromatic heterocycles. The van der Waals surface area contributed by atoms with Crippen LogP contribution in [-0.2, 0) is 26.2 Å². The van der Waals surface area contributed by atoms with Gasteiger partial charge >= 0.3 is 0 Å². The number of anilines is 1. The van der Waals surface area contributed by atoms with E-state index in [4.69, 9.17) is 14.2 Å². The summed E-state index contributed by atoms with van der Waals surface area (Å²) in [4.78, 5) is 27.9. The molecule has 2 rings (SSSR count). The van der Waals surface area contributed by atoms with E-state index in [-0.39, 0.29) is 29.8 Å². The molecule has 0 aliphatic rings. The second kappa shape index (κ2) is 13.2. The number of sulfonamides is 1. The zero-order valence-corrected chi connectivity index (χ0v) is 23.3. The van der Waals surface area contributed by atoms with Crippen LogP contribution in [0.2, 0.25) is 0 Å². The Hall–Kier alpha value is -3.47. The van der Waals surface area contributed by atoms with Crippen molar-refractivity contribution < 1.29 is 32.2 Å². The topological polar surface area (TPSA) is 114 Å². The van der Waals surface area contributed by atoms with Crippen LogP contribution in [-0.4, -0.2) is 71.8 Å². The first kappa shape index (κ1) is 29.8. The van der Waals surface area contributed by atoms with E-state index >= 15 is 0 Å². The number of carbonyl (C=O) groups is 2. The maximum Gasteiger partial charge on any atom is 0.244 e. The van der Waals surface area contributed by atoms with Crippen molar-refractivity contribution in [2.24, 2.45) is 5.92 Å². The molecule has 1 atom stereocenters. The Morgan fingerprint density at radius 2 is 1.51 bits per heavy atom. The van der Waals surface area contributed by atoms with Crippen LogP contribution in [0.25, 0.3) is 0 Å². The highest BCUT2D eigenvalue weighted by Gasteiger charge is 2.31. The fourth-order valence-electron chi connectivity index (χ4n) is 3.55. The van der Waals surface area contributed by atoms with Gasteiger partial charge in [-0.15, -0.1) is 0 Å². The lowest BCUT2D eigenvalue weighted by Gasteiger charge is -2.32. The van der Waals surface area contributed by atoms with Gasteiger partial charge in [0.05, 0.1) is 33.3 Å². The molecule has 1 N–H and O–H groups in total. The van der Waals surface area contributed by atoms with Crippen LogP contribution in [0.4, 0.5) is 5.69 Å². The first-order valence-electron chi connectivity index (χ1n) is 11.8. The molecule has 2 aromatic carbocycles. The predicted molar refractivity (Wildman–Crippen MR) is 143 cm³/mol. The van der Waals surface area contributed by atoms with Gasteiger partial charge in [-0.05, 0) is 42.7 Å². The molecule has 2 amide bonds. The van der Waals surface area contributed by atoms with Crippen molar-refractivity contribution >= 4 is 27.5 Å². The number of nitrogens with zero attached hydrogens (tertiary/aromatic N) is 2. The second-order valence-corrected chi connectivity index (χ2v) is 10.9. The van der Waals surface area contributed by atoms with E-state index in [1.54, 1.807) is 44.4 Å². The van der Waals surface area contributed by atoms with E-state index in [0.29, 0.717) is 18.0 Å². The Bertz CT molecular complexity index is 1170. The number of benzene rings is 2. The van der Waals surface area contributed by atoms with Crippen molar-refractivity contribution in [3.05, 3.63) is 48.0 Å². The first-order valence-corrected chi connectivity index (χ1v) is 13.7. The molecule has 0 fully saturated rings. The number of nitrogens with one attached hydrogen (secondary N) is 1. The summed E-state index contributed by atoms with van der Waals surface area (Å²) in [6.45, 7) is 5.58. The summed E-state index contributed by atoms with van der Waals surface area (Å²) in [5.74, 6) is 0.693. The third-order valence-electron chi connectivity index (χ3n) is 5.70. The highest BCUT2D eigenvalue weighted by atomic mass is 32.2. The van der Waals surface area contributed by atoms with Gasteiger partial charge in [0.1, 0.15) is 29.8 Å². The molecular formula is C26H37N3O7S. The van der Waals surface area contributed by atoms with E-state index in [0.717, 1.165) is 16.1 Å². The maximum atomic E-state index is 13.7. The zero-order valence-electron chi connectivity index (χ0n) is 22.5. The zero-order chi connectivity index (χ0) is 27.8. The van der Waals surface area contributed by atoms with E-state index in [1.807, 2.05) is 13.8 Å². The molecule has 37 heavy (non-hydrogen) atoms. The van der Waals surface area contributed by atoms with Crippen LogP contribution in [0.1, 0.15) is 26.3 Å². The molecule has 0 unspecified atom stereocenters. The van der Waals surface area contributed by atoms with Crippen molar-refractivity contribution in [1.29, 1.82) is 0 Å². The summed E-state index contributed by atoms with van der Waals surface area (Å²) in [6, 6.07) is 10.9. The van der Waals surface area contributed by atoms with Gasteiger partial charge in [-0.25, -0.2) is 8.42 Å². The fourth-order valence-corrected chi connectivity index (χ4v) is 4.40. The number of rotatable bonds is 13. The number of methoxy groups -OCH3 is 3. The minimum atomic E-state index is -3.90. The van der Waals surface area contributed by atoms with Gasteiger partial charge < -0.3 is 24.4 Å². The van der Waals surface area contributed by atoms with Crippen LogP contribution in [0.3, 0.4) is 0 Å². The van der Waals surface area contributed by atoms with Crippen molar-refractivity contribution in [1.82, 2.24) is 10.2 Å². The molecule has 0 heterocycles. The van der Waals surface area contributed by atoms with Gasteiger partial charge in [0, 0.05) is 19.2 Å². The fraction of sp³-hybridized carbons (Fsp3) is 0.462. The SMILES string of the molecule is COc1ccc(CN(C(=O)CN(c2ccc(OC)cc2OC)S(C)(=O)=O)[C@@H](C)C(=O)NCC(C)C)cc1. The summed E-state index contributed by atoms with van der Waals surface area (Å²) >= 11 is 0. The molecule has 2 aromatic rings. The van der Waals surface area contributed by atoms with Crippen molar-refractivity contribution in [3.8, 4) is 17.2 Å². The average molecular weight is 536 g/mol. The first-order chi connectivity index (χ1) is 17.4. The van der Waals surface area contributed by atoms with E-state index in [9.17, 15) is 18.0 Å². The lowest BCUT2D eigenvalue weighted by Crippen LogP contribution is -2.51. The highest BCUT2D eigenvalue weighted by molar-refractivity contribution is 7.92. The molecule has 0 bridgehead atoms. The summed E-state index contributed by atoms with van der Waals surface area (Å²) in [6.07, 6.45) is 1.01. The Balaban J connectivity index is 2.43. The van der Waals surface area contributed by atoms with Crippen LogP contribution in [0.15, 0.2) is 42.5 Å². The van der Waals surface area contributed by atoms with Crippen molar-refractivity contribution in [2.75, 3.05) is 45.0 Å². The lowest BCUT2D eigenvalue weighted by atomic mass is 10.1. The molecule has 0 spiro atoms. The van der Waals surface area contributed by atoms with E-state index in [1.165, 1.54) is 31.3 Å². The molecule has 0 aliphatic carbocycles. The number of hydrogen-bond donors (Lipinski definition) is 1. The largest absolute Gasteiger partial charge is 0.497 e. The number of amides is 2. The van der Waals surface area contributed by atoms with E-state index in [2.05, 4.69) is 5.32 Å². The molecule has 0 saturated carbocycles. The molecule has 204 valence electrons. The number of ether oxygens (including phenoxy) is 3. The smallest absolute Gasteiger partial charge is 0.244 e. The third kappa shape index (κ3) is 8.28. The minimum Gasteiger partial charge on any atom is -0.497 e. The Kier molecular flexibility index (Phi) is 10.6. The van der Waals surface area contributed by atoms with Crippen molar-refractivity contribution in [2.45, 2.75) is 33.4 Å². The quantitative estimate of drug-likeness (QED) is 0.419. The normalized spacial score (nSPS) is 12.0. The van der Waals surface area contributed by atoms with Crippen LogP contribution in [0, 0.1) is 5.92 Å². The summed E-state index contributed by atoms with van der Waals surface area (Å²) < 4.78 is 42.3. The number of hydrogen-bond acceptors (Lipinski definition) is 7. The molecule has 0 radical (unpaired) electrons. The van der Waals surface area contributed by atoms with Gasteiger partial charge in [-0.1, -0.05) is 26.0 Å². The maximum absolute atomic E-state index is 13.7. The standard InChI is InChI=1S/C26H37N3O7S/c1-18(2)15-27-26(31)19(3)28(16-20-8-10-21(34-4)11-9-20)25(30)17-29(37(7,32)33)23-13-12-22(35-5)14-24(23)36-6/h8-14,18-19H,15-17H2,1-7H3,(H,27,31)/t19-/m0/s1. The molecule has 11 heteroatoms. The molecule has 0 aliphatic heterocycles. The summed E-state index contributed by atoms with van der Waals surface area (Å²) in [5.41, 5.74) is 0.936. The Labute approximate surface area is 219 Å². The minimum absolute atomic E-state index is 0.0937. The Morgan fingerprint density at radius 1 is 0.919 bits per heavy atom. The van der Waals surface area contributed by atoms with Crippen LogP contribution >= 0.6 is 0 Å². The third-order valence-corrected chi connectivity index (χ3v) is 6.83. The highest BCUT2D eigenvalue weighted by Crippen LogP contribution is 2.33. The number of carbonyl (C=O) groups excluding carboxylic acids is 2. The Morgan fingerprint density at radius 3 is 2.03 bits per heavy atom. The van der Waals surface area contributed by atoms with Crippen LogP contribution in [0.5, 0.6) is 17.2 Å². The molecule has 0 saturated heterocycles. The van der Waals surface area contributed by atoms with Crippen molar-refractivity contribution in [3.63, 3.8) is 0 Å². The second-order valence-electron chi connectivity index (χ2n) is 8.99. The van der Waals surface area contributed by atoms with Gasteiger partial charge in [0.2, 0.25) is 21.8 Å². The average Bonchev–Trinajstić information content (AvgIpc) is 2.87. The van der Waals surface area contributed by atoms with E-state index < -0.39 is 28.5 Å². The van der Waals surface area contributed by atoms with Crippen LogP contribution < -0.4 is 23.8 Å². The van der Waals surface area contributed by atoms with Gasteiger partial charge in [0.25, 0.3) is 0 Å². The molecular weight excluding hydrogens is 498 g/mol. The molecule has 10 nitrogen and oxygen atoms in total.